The average Bonchev–Trinajstić information content (AvgIpc) is 3.14. The fourth-order valence-electron chi connectivity index (χ4n) is 6.24. The average molecular weight is 574 g/mol. The molecule has 5 rings (SSSR count). The van der Waals surface area contributed by atoms with Crippen LogP contribution < -0.4 is 0 Å². The van der Waals surface area contributed by atoms with E-state index in [1.807, 2.05) is 0 Å². The van der Waals surface area contributed by atoms with E-state index in [1.54, 1.807) is 13.0 Å². The monoisotopic (exact) mass is 572 g/mol. The number of aromatic hydroxyl groups is 1. The van der Waals surface area contributed by atoms with Crippen LogP contribution in [-0.2, 0) is 19.2 Å². The summed E-state index contributed by atoms with van der Waals surface area (Å²) in [5.74, 6) is -7.11. The zero-order chi connectivity index (χ0) is 24.7. The van der Waals surface area contributed by atoms with Crippen molar-refractivity contribution in [3.63, 3.8) is 0 Å². The smallest absolute Gasteiger partial charge is 0.254 e. The highest BCUT2D eigenvalue weighted by Gasteiger charge is 2.76. The second kappa shape index (κ2) is 7.77. The number of benzene rings is 1. The van der Waals surface area contributed by atoms with E-state index >= 15 is 0 Å². The number of nitrogens with zero attached hydrogens (tertiary/aromatic N) is 2. The van der Waals surface area contributed by atoms with E-state index in [4.69, 9.17) is 23.2 Å². The molecule has 6 unspecified atom stereocenters. The van der Waals surface area contributed by atoms with E-state index < -0.39 is 56.8 Å². The number of imide groups is 2. The number of alkyl halides is 3. The number of rotatable bonds is 3. The molecule has 2 aliphatic heterocycles. The lowest BCUT2D eigenvalue weighted by molar-refractivity contribution is -0.141. The lowest BCUT2D eigenvalue weighted by Crippen LogP contribution is -2.60. The maximum atomic E-state index is 14.4. The minimum Gasteiger partial charge on any atom is -0.505 e. The molecule has 180 valence electrons. The van der Waals surface area contributed by atoms with E-state index in [0.717, 1.165) is 11.0 Å². The summed E-state index contributed by atoms with van der Waals surface area (Å²) in [7, 11) is 0. The molecule has 2 heterocycles. The molecule has 1 aromatic rings. The van der Waals surface area contributed by atoms with Gasteiger partial charge in [-0.15, -0.1) is 23.2 Å². The Hall–Kier alpha value is -1.97. The summed E-state index contributed by atoms with van der Waals surface area (Å²) in [5, 5.41) is 10.6. The molecule has 0 spiro atoms. The number of likely N-dealkylation sites (tertiary alicyclic amines) is 2. The highest BCUT2D eigenvalue weighted by molar-refractivity contribution is 9.09. The van der Waals surface area contributed by atoms with Crippen LogP contribution >= 0.6 is 39.1 Å². The lowest BCUT2D eigenvalue weighted by atomic mass is 9.56. The van der Waals surface area contributed by atoms with E-state index in [0.29, 0.717) is 5.57 Å². The van der Waals surface area contributed by atoms with Gasteiger partial charge >= 0.3 is 0 Å². The highest BCUT2D eigenvalue weighted by atomic mass is 79.9. The Bertz CT molecular complexity index is 1190. The summed E-state index contributed by atoms with van der Waals surface area (Å²) in [4.78, 5) is 51.1. The van der Waals surface area contributed by atoms with Crippen LogP contribution in [0, 0.1) is 23.6 Å². The van der Waals surface area contributed by atoms with Crippen molar-refractivity contribution in [3.8, 4) is 5.75 Å². The third-order valence-electron chi connectivity index (χ3n) is 7.75. The van der Waals surface area contributed by atoms with E-state index in [-0.39, 0.29) is 42.2 Å². The summed E-state index contributed by atoms with van der Waals surface area (Å²) in [5.41, 5.74) is 0.341. The number of halogens is 4. The van der Waals surface area contributed by atoms with Crippen molar-refractivity contribution in [2.45, 2.75) is 35.4 Å². The number of amides is 4. The van der Waals surface area contributed by atoms with Crippen LogP contribution in [0.2, 0.25) is 0 Å². The molecule has 1 N–H and O–H groups in total. The first kappa shape index (κ1) is 23.8. The first-order chi connectivity index (χ1) is 16.0. The van der Waals surface area contributed by atoms with Crippen molar-refractivity contribution in [1.29, 1.82) is 0 Å². The third-order valence-corrected chi connectivity index (χ3v) is 9.67. The number of fused-ring (bicyclic) bond motifs is 4. The maximum absolute atomic E-state index is 14.4. The van der Waals surface area contributed by atoms with Crippen molar-refractivity contribution in [3.05, 3.63) is 41.2 Å². The number of hydrogen-bond donors (Lipinski definition) is 1. The van der Waals surface area contributed by atoms with Gasteiger partial charge in [-0.05, 0) is 31.7 Å². The quantitative estimate of drug-likeness (QED) is 0.259. The van der Waals surface area contributed by atoms with Gasteiger partial charge in [-0.3, -0.25) is 29.0 Å². The second-order valence-corrected chi connectivity index (χ2v) is 10.8. The molecule has 1 aromatic carbocycles. The molecule has 0 bridgehead atoms. The fourth-order valence-corrected chi connectivity index (χ4v) is 7.66. The molecule has 6 atom stereocenters. The molecule has 11 heteroatoms. The van der Waals surface area contributed by atoms with Crippen molar-refractivity contribution in [2.75, 3.05) is 12.0 Å². The number of carbonyl (C=O) groups is 4. The van der Waals surface area contributed by atoms with Gasteiger partial charge in [-0.2, -0.15) is 0 Å². The molecule has 3 fully saturated rings. The minimum atomic E-state index is -2.07. The van der Waals surface area contributed by atoms with Crippen LogP contribution in [0.5, 0.6) is 5.75 Å². The van der Waals surface area contributed by atoms with Gasteiger partial charge in [0.2, 0.25) is 11.8 Å². The predicted molar refractivity (Wildman–Crippen MR) is 124 cm³/mol. The van der Waals surface area contributed by atoms with Crippen LogP contribution in [0.1, 0.15) is 31.2 Å². The van der Waals surface area contributed by atoms with Crippen molar-refractivity contribution >= 4 is 62.8 Å². The summed E-state index contributed by atoms with van der Waals surface area (Å²) in [6.07, 6.45) is 1.80. The fraction of sp³-hybridized carbons (Fsp3) is 0.478. The molecule has 1 saturated carbocycles. The number of allylic oxidation sites excluding steroid dienone is 2. The van der Waals surface area contributed by atoms with Gasteiger partial charge in [-0.1, -0.05) is 39.7 Å². The molecule has 2 aliphatic carbocycles. The summed E-state index contributed by atoms with van der Waals surface area (Å²) < 4.78 is 14.4. The maximum Gasteiger partial charge on any atom is 0.254 e. The Labute approximate surface area is 213 Å². The van der Waals surface area contributed by atoms with E-state index in [1.165, 1.54) is 17.0 Å². The highest BCUT2D eigenvalue weighted by Crippen LogP contribution is 2.66. The normalized spacial score (nSPS) is 37.0. The van der Waals surface area contributed by atoms with Gasteiger partial charge in [-0.25, -0.2) is 4.39 Å². The Morgan fingerprint density at radius 3 is 2.47 bits per heavy atom. The van der Waals surface area contributed by atoms with Crippen molar-refractivity contribution < 1.29 is 28.7 Å². The van der Waals surface area contributed by atoms with E-state index in [2.05, 4.69) is 15.9 Å². The molecule has 0 radical (unpaired) electrons. The molecule has 7 nitrogen and oxygen atoms in total. The van der Waals surface area contributed by atoms with Gasteiger partial charge in [0.1, 0.15) is 0 Å². The largest absolute Gasteiger partial charge is 0.505 e. The van der Waals surface area contributed by atoms with Gasteiger partial charge in [0.15, 0.2) is 21.3 Å². The zero-order valence-corrected chi connectivity index (χ0v) is 21.0. The zero-order valence-electron chi connectivity index (χ0n) is 17.9. The molecule has 2 saturated heterocycles. The first-order valence-electron chi connectivity index (χ1n) is 10.9. The summed E-state index contributed by atoms with van der Waals surface area (Å²) in [6.45, 7) is 1.91. The van der Waals surface area contributed by atoms with Crippen LogP contribution in [0.15, 0.2) is 29.8 Å². The molecule has 4 amide bonds. The Kier molecular flexibility index (Phi) is 5.43. The Morgan fingerprint density at radius 2 is 1.82 bits per heavy atom. The van der Waals surface area contributed by atoms with Gasteiger partial charge in [0.25, 0.3) is 11.8 Å². The van der Waals surface area contributed by atoms with E-state index in [9.17, 15) is 28.7 Å². The van der Waals surface area contributed by atoms with Crippen molar-refractivity contribution in [1.82, 2.24) is 9.80 Å². The minimum absolute atomic E-state index is 0.00359. The lowest BCUT2D eigenvalue weighted by Gasteiger charge is -2.50. The molecule has 0 aromatic heterocycles. The van der Waals surface area contributed by atoms with Gasteiger partial charge in [0, 0.05) is 18.0 Å². The SMILES string of the molecule is CCN1C(=O)C2CC=C3C(CC4(Cl)C(=O)N(CBr)C(=O)C4(Cl)C3c3cccc(F)c3O)C2C1=O. The topological polar surface area (TPSA) is 95.0 Å². The number of phenols is 1. The molecule has 4 aliphatic rings. The standard InChI is InChI=1S/C23H20BrCl2FN2O5/c1-2-28-18(31)11-7-6-10-13(15(11)19(28)32)8-22(25)20(33)29(9-24)21(34)23(22,26)16(10)12-4-3-5-14(27)17(12)30/h3-6,11,13,15-16,30H,2,7-9H2,1H3. The van der Waals surface area contributed by atoms with Gasteiger partial charge < -0.3 is 5.11 Å². The van der Waals surface area contributed by atoms with Crippen molar-refractivity contribution in [2.24, 2.45) is 17.8 Å². The summed E-state index contributed by atoms with van der Waals surface area (Å²) in [6, 6.07) is 3.85. The molecule has 34 heavy (non-hydrogen) atoms. The van der Waals surface area contributed by atoms with Crippen LogP contribution in [0.25, 0.3) is 0 Å². The number of phenolic OH excluding ortho intramolecular Hbond substituents is 1. The van der Waals surface area contributed by atoms with Gasteiger partial charge in [0.05, 0.1) is 17.3 Å². The van der Waals surface area contributed by atoms with Crippen LogP contribution in [-0.4, -0.2) is 60.3 Å². The predicted octanol–water partition coefficient (Wildman–Crippen LogP) is 3.26. The van der Waals surface area contributed by atoms with Crippen LogP contribution in [0.4, 0.5) is 4.39 Å². The Balaban J connectivity index is 1.77. The summed E-state index contributed by atoms with van der Waals surface area (Å²) >= 11 is 17.1. The third kappa shape index (κ3) is 2.69. The molecular weight excluding hydrogens is 554 g/mol. The van der Waals surface area contributed by atoms with Crippen LogP contribution in [0.3, 0.4) is 0 Å². The molecular formula is C23H20BrCl2FN2O5. The number of carbonyl (C=O) groups excluding carboxylic acids is 4. The number of hydrogen-bond acceptors (Lipinski definition) is 5. The Morgan fingerprint density at radius 1 is 1.12 bits per heavy atom. The first-order valence-corrected chi connectivity index (χ1v) is 12.7. The second-order valence-electron chi connectivity index (χ2n) is 9.08. The number of para-hydroxylation sites is 1.